The van der Waals surface area contributed by atoms with Gasteiger partial charge in [0.25, 0.3) is 0 Å². The number of amides is 3. The largest absolute Gasteiger partial charge is 0.378 e. The summed E-state index contributed by atoms with van der Waals surface area (Å²) in [4.78, 5) is 54.9. The quantitative estimate of drug-likeness (QED) is 0.378. The lowest BCUT2D eigenvalue weighted by molar-refractivity contribution is -0.137. The van der Waals surface area contributed by atoms with Crippen LogP contribution in [-0.2, 0) is 14.9 Å². The lowest BCUT2D eigenvalue weighted by Crippen LogP contribution is -2.55. The van der Waals surface area contributed by atoms with Crippen LogP contribution in [0.25, 0.3) is 21.5 Å². The fourth-order valence-corrected chi connectivity index (χ4v) is 9.08. The molecule has 0 aliphatic carbocycles. The van der Waals surface area contributed by atoms with Crippen LogP contribution >= 0.6 is 11.3 Å². The average Bonchev–Trinajstić information content (AvgIpc) is 3.81. The molecule has 4 saturated heterocycles. The zero-order chi connectivity index (χ0) is 31.5. The molecule has 0 unspecified atom stereocenters. The van der Waals surface area contributed by atoms with E-state index in [0.29, 0.717) is 70.1 Å². The maximum atomic E-state index is 14.3. The third kappa shape index (κ3) is 5.59. The summed E-state index contributed by atoms with van der Waals surface area (Å²) in [7, 11) is 0. The number of aromatic amines is 1. The highest BCUT2D eigenvalue weighted by atomic mass is 32.1. The maximum absolute atomic E-state index is 14.3. The minimum Gasteiger partial charge on any atom is -0.378 e. The number of Topliss-reactive ketones (excluding diaryl/α,β-unsaturated/α-hetero) is 1. The van der Waals surface area contributed by atoms with Crippen molar-refractivity contribution in [1.29, 1.82) is 0 Å². The van der Waals surface area contributed by atoms with Crippen molar-refractivity contribution in [2.45, 2.75) is 70.9 Å². The molecule has 1 N–H and O–H groups in total. The average molecular weight is 632 g/mol. The van der Waals surface area contributed by atoms with E-state index >= 15 is 0 Å². The number of aryl methyl sites for hydroxylation is 2. The molecule has 2 bridgehead atoms. The van der Waals surface area contributed by atoms with E-state index in [1.54, 1.807) is 11.3 Å². The minimum absolute atomic E-state index is 0.0643. The first-order valence-electron chi connectivity index (χ1n) is 16.5. The fourth-order valence-electron chi connectivity index (χ4n) is 7.92. The number of piperazine rings is 1. The Bertz CT molecular complexity index is 1590. The number of ketones is 1. The van der Waals surface area contributed by atoms with Crippen LogP contribution in [0.5, 0.6) is 0 Å². The van der Waals surface area contributed by atoms with Gasteiger partial charge in [-0.1, -0.05) is 17.2 Å². The number of carbonyl (C=O) groups is 3. The van der Waals surface area contributed by atoms with Gasteiger partial charge in [0.15, 0.2) is 5.78 Å². The Morgan fingerprint density at radius 2 is 1.47 bits per heavy atom. The minimum atomic E-state index is -0.667. The predicted octanol–water partition coefficient (Wildman–Crippen LogP) is 5.20. The number of ether oxygens (including phenoxy) is 1. The van der Waals surface area contributed by atoms with Crippen molar-refractivity contribution in [1.82, 2.24) is 24.6 Å². The van der Waals surface area contributed by atoms with Gasteiger partial charge < -0.3 is 24.4 Å². The molecule has 0 saturated carbocycles. The van der Waals surface area contributed by atoms with E-state index in [1.165, 1.54) is 0 Å². The first-order valence-corrected chi connectivity index (χ1v) is 17.4. The third-order valence-electron chi connectivity index (χ3n) is 10.4. The van der Waals surface area contributed by atoms with Gasteiger partial charge >= 0.3 is 6.03 Å². The Labute approximate surface area is 269 Å². The Balaban J connectivity index is 1.15. The number of hydrogen-bond acceptors (Lipinski definition) is 6. The molecule has 7 rings (SSSR count). The van der Waals surface area contributed by atoms with E-state index < -0.39 is 5.41 Å². The summed E-state index contributed by atoms with van der Waals surface area (Å²) in [6, 6.07) is 9.34. The normalized spacial score (nSPS) is 22.5. The molecule has 1 aromatic carbocycles. The molecule has 4 aliphatic heterocycles. The number of benzene rings is 1. The summed E-state index contributed by atoms with van der Waals surface area (Å²) in [5, 5.41) is 0.903. The molecule has 0 radical (unpaired) electrons. The van der Waals surface area contributed by atoms with Crippen molar-refractivity contribution < 1.29 is 19.1 Å². The van der Waals surface area contributed by atoms with Gasteiger partial charge in [0.05, 0.1) is 36.4 Å². The van der Waals surface area contributed by atoms with Crippen molar-refractivity contribution in [3.05, 3.63) is 45.8 Å². The molecular formula is C35H45N5O4S. The summed E-state index contributed by atoms with van der Waals surface area (Å²) in [5.74, 6) is 0.276. The summed E-state index contributed by atoms with van der Waals surface area (Å²) in [5.41, 5.74) is 4.19. The van der Waals surface area contributed by atoms with Crippen LogP contribution in [0.15, 0.2) is 24.3 Å². The SMILES string of the molecule is Cc1cc(C)cc(-c2[nH]c3sc(C(C)(C)C(=O)N4C5CCC4CC5)cc3c2C(=O)CN2CCN(C(=O)N3CCOCC3)CC2)c1. The summed E-state index contributed by atoms with van der Waals surface area (Å²) < 4.78 is 5.41. The second-order valence-corrected chi connectivity index (χ2v) is 15.0. The van der Waals surface area contributed by atoms with E-state index in [0.717, 1.165) is 63.2 Å². The van der Waals surface area contributed by atoms with Gasteiger partial charge in [-0.3, -0.25) is 14.5 Å². The van der Waals surface area contributed by atoms with Gasteiger partial charge in [-0.15, -0.1) is 11.3 Å². The highest BCUT2D eigenvalue weighted by molar-refractivity contribution is 7.19. The second-order valence-electron chi connectivity index (χ2n) is 14.0. The molecule has 0 atom stereocenters. The van der Waals surface area contributed by atoms with Gasteiger partial charge in [-0.05, 0) is 77.1 Å². The lowest BCUT2D eigenvalue weighted by atomic mass is 9.88. The van der Waals surface area contributed by atoms with E-state index in [9.17, 15) is 14.4 Å². The van der Waals surface area contributed by atoms with E-state index in [-0.39, 0.29) is 24.3 Å². The molecule has 2 aromatic heterocycles. The Morgan fingerprint density at radius 1 is 0.867 bits per heavy atom. The summed E-state index contributed by atoms with van der Waals surface area (Å²) >= 11 is 1.61. The molecule has 3 amide bonds. The number of morpholine rings is 1. The third-order valence-corrected chi connectivity index (χ3v) is 11.8. The highest BCUT2D eigenvalue weighted by Crippen LogP contribution is 2.44. The maximum Gasteiger partial charge on any atom is 0.320 e. The number of hydrogen-bond donors (Lipinski definition) is 1. The number of aromatic nitrogens is 1. The number of rotatable bonds is 6. The van der Waals surface area contributed by atoms with Crippen LogP contribution in [0.2, 0.25) is 0 Å². The van der Waals surface area contributed by atoms with Crippen LogP contribution < -0.4 is 0 Å². The number of thiophene rings is 1. The molecule has 4 aliphatic rings. The number of carbonyl (C=O) groups excluding carboxylic acids is 3. The monoisotopic (exact) mass is 631 g/mol. The molecule has 9 nitrogen and oxygen atoms in total. The van der Waals surface area contributed by atoms with Crippen molar-refractivity contribution >= 4 is 39.3 Å². The van der Waals surface area contributed by atoms with Gasteiger partial charge in [-0.2, -0.15) is 0 Å². The first kappa shape index (κ1) is 30.4. The van der Waals surface area contributed by atoms with E-state index in [2.05, 4.69) is 52.9 Å². The zero-order valence-electron chi connectivity index (χ0n) is 27.0. The molecule has 6 heterocycles. The molecule has 3 aromatic rings. The topological polar surface area (TPSA) is 89.2 Å². The lowest BCUT2D eigenvalue weighted by Gasteiger charge is -2.38. The van der Waals surface area contributed by atoms with Crippen LogP contribution in [0.3, 0.4) is 0 Å². The molecule has 240 valence electrons. The molecule has 45 heavy (non-hydrogen) atoms. The summed E-state index contributed by atoms with van der Waals surface area (Å²) in [6.45, 7) is 13.5. The highest BCUT2D eigenvalue weighted by Gasteiger charge is 2.47. The Hall–Kier alpha value is -3.21. The molecule has 4 fully saturated rings. The fraction of sp³-hybridized carbons (Fsp3) is 0.571. The van der Waals surface area contributed by atoms with Crippen LogP contribution in [0, 0.1) is 13.8 Å². The van der Waals surface area contributed by atoms with Crippen molar-refractivity contribution in [2.75, 3.05) is 59.0 Å². The number of fused-ring (bicyclic) bond motifs is 3. The van der Waals surface area contributed by atoms with Crippen LogP contribution in [0.1, 0.15) is 65.9 Å². The summed E-state index contributed by atoms with van der Waals surface area (Å²) in [6.07, 6.45) is 4.47. The van der Waals surface area contributed by atoms with Gasteiger partial charge in [0.2, 0.25) is 5.91 Å². The van der Waals surface area contributed by atoms with Crippen molar-refractivity contribution in [3.8, 4) is 11.3 Å². The molecule has 0 spiro atoms. The van der Waals surface area contributed by atoms with Gasteiger partial charge in [0.1, 0.15) is 4.83 Å². The number of urea groups is 1. The molecule has 10 heteroatoms. The number of nitrogens with zero attached hydrogens (tertiary/aromatic N) is 4. The van der Waals surface area contributed by atoms with Crippen molar-refractivity contribution in [2.24, 2.45) is 0 Å². The number of H-pyrrole nitrogens is 1. The molecular weight excluding hydrogens is 586 g/mol. The Kier molecular flexibility index (Phi) is 8.02. The smallest absolute Gasteiger partial charge is 0.320 e. The second kappa shape index (κ2) is 11.9. The van der Waals surface area contributed by atoms with E-state index in [1.807, 2.05) is 23.6 Å². The number of nitrogens with one attached hydrogen (secondary N) is 1. The van der Waals surface area contributed by atoms with E-state index in [4.69, 9.17) is 4.74 Å². The van der Waals surface area contributed by atoms with Crippen molar-refractivity contribution in [3.63, 3.8) is 0 Å². The zero-order valence-corrected chi connectivity index (χ0v) is 27.8. The standard InChI is InChI=1S/C35H45N5O4S/c1-22-17-23(2)19-24(18-22)31-30(28(41)21-37-9-11-38(12-10-37)34(43)39-13-15-44-16-14-39)27-20-29(45-32(27)36-31)35(3,4)33(42)40-25-5-6-26(40)8-7-25/h17-20,25-26,36H,5-16,21H2,1-4H3. The Morgan fingerprint density at radius 3 is 2.09 bits per heavy atom. The van der Waals surface area contributed by atoms with Crippen LogP contribution in [0.4, 0.5) is 4.79 Å². The first-order chi connectivity index (χ1) is 21.6. The predicted molar refractivity (Wildman–Crippen MR) is 177 cm³/mol. The van der Waals surface area contributed by atoms with Gasteiger partial charge in [-0.25, -0.2) is 4.79 Å². The van der Waals surface area contributed by atoms with Crippen LogP contribution in [-0.4, -0.2) is 113 Å². The van der Waals surface area contributed by atoms with Gasteiger partial charge in [0, 0.05) is 61.6 Å².